The molecule has 0 aliphatic rings. The van der Waals surface area contributed by atoms with Gasteiger partial charge in [-0.1, -0.05) is 26.0 Å². The fourth-order valence-corrected chi connectivity index (χ4v) is 2.77. The molecule has 0 aliphatic heterocycles. The van der Waals surface area contributed by atoms with E-state index in [2.05, 4.69) is 15.0 Å². The monoisotopic (exact) mass is 380 g/mol. The summed E-state index contributed by atoms with van der Waals surface area (Å²) in [5, 5.41) is 5.38. The van der Waals surface area contributed by atoms with Crippen LogP contribution in [0.3, 0.4) is 0 Å². The predicted octanol–water partition coefficient (Wildman–Crippen LogP) is 3.05. The van der Waals surface area contributed by atoms with Crippen molar-refractivity contribution in [2.75, 3.05) is 11.9 Å². The molecular weight excluding hydrogens is 359 g/mol. The first kappa shape index (κ1) is 19.6. The summed E-state index contributed by atoms with van der Waals surface area (Å²) in [7, 11) is 0. The number of hydrogen-bond acceptors (Lipinski definition) is 5. The maximum absolute atomic E-state index is 13.9. The van der Waals surface area contributed by atoms with Gasteiger partial charge in [0, 0.05) is 12.1 Å². The predicted molar refractivity (Wildman–Crippen MR) is 98.0 cm³/mol. The first-order chi connectivity index (χ1) is 12.3. The van der Waals surface area contributed by atoms with Crippen molar-refractivity contribution in [3.63, 3.8) is 0 Å². The average molecular weight is 380 g/mol. The highest BCUT2D eigenvalue weighted by atomic mass is 32.1. The Labute approximate surface area is 154 Å². The summed E-state index contributed by atoms with van der Waals surface area (Å²) in [6.45, 7) is 6.05. The number of nitrogens with two attached hydrogens (primary N) is 1. The van der Waals surface area contributed by atoms with Crippen LogP contribution >= 0.6 is 11.5 Å². The second kappa shape index (κ2) is 8.61. The molecule has 0 fully saturated rings. The molecule has 4 N–H and O–H groups in total. The number of urea groups is 1. The van der Waals surface area contributed by atoms with Crippen LogP contribution < -0.4 is 21.1 Å². The zero-order chi connectivity index (χ0) is 19.3. The van der Waals surface area contributed by atoms with Crippen LogP contribution in [0.25, 0.3) is 0 Å². The molecule has 26 heavy (non-hydrogen) atoms. The molecule has 3 amide bonds. The smallest absolute Gasteiger partial charge is 0.319 e. The van der Waals surface area contributed by atoms with E-state index >= 15 is 0 Å². The highest BCUT2D eigenvalue weighted by Crippen LogP contribution is 2.30. The lowest BCUT2D eigenvalue weighted by Gasteiger charge is -2.09. The number of aromatic nitrogens is 1. The van der Waals surface area contributed by atoms with Crippen LogP contribution in [0, 0.1) is 18.7 Å². The first-order valence-electron chi connectivity index (χ1n) is 8.00. The largest absolute Gasteiger partial charge is 0.471 e. The number of hydrogen-bond donors (Lipinski definition) is 3. The topological polar surface area (TPSA) is 106 Å². The van der Waals surface area contributed by atoms with E-state index < -0.39 is 17.8 Å². The summed E-state index contributed by atoms with van der Waals surface area (Å²) in [6.07, 6.45) is 0. The number of carbonyl (C=O) groups excluding carboxylic acids is 2. The SMILES string of the molecule is Cc1ccc(COc2nsc(NC(=O)NCC(C)C)c2C(N)=O)c(F)c1. The minimum absolute atomic E-state index is 0.0396. The van der Waals surface area contributed by atoms with Crippen molar-refractivity contribution in [1.82, 2.24) is 9.69 Å². The molecule has 0 saturated carbocycles. The number of amides is 3. The van der Waals surface area contributed by atoms with E-state index in [1.54, 1.807) is 19.1 Å². The summed E-state index contributed by atoms with van der Waals surface area (Å²) < 4.78 is 23.3. The van der Waals surface area contributed by atoms with Gasteiger partial charge in [0.25, 0.3) is 5.91 Å². The van der Waals surface area contributed by atoms with Crippen LogP contribution in [0.1, 0.15) is 35.3 Å². The summed E-state index contributed by atoms with van der Waals surface area (Å²) in [5.74, 6) is -0.965. The number of carbonyl (C=O) groups is 2. The molecule has 0 unspecified atom stereocenters. The molecule has 2 rings (SSSR count). The van der Waals surface area contributed by atoms with Crippen LogP contribution in [0.5, 0.6) is 5.88 Å². The third kappa shape index (κ3) is 5.16. The lowest BCUT2D eigenvalue weighted by Crippen LogP contribution is -2.32. The number of anilines is 1. The second-order valence-electron chi connectivity index (χ2n) is 6.17. The van der Waals surface area contributed by atoms with Crippen molar-refractivity contribution in [3.05, 3.63) is 40.7 Å². The fourth-order valence-electron chi connectivity index (χ4n) is 2.04. The maximum Gasteiger partial charge on any atom is 0.319 e. The Morgan fingerprint density at radius 2 is 2.12 bits per heavy atom. The lowest BCUT2D eigenvalue weighted by atomic mass is 10.1. The average Bonchev–Trinajstić information content (AvgIpc) is 2.95. The number of nitrogens with zero attached hydrogens (tertiary/aromatic N) is 1. The van der Waals surface area contributed by atoms with E-state index in [0.717, 1.165) is 17.1 Å². The quantitative estimate of drug-likeness (QED) is 0.686. The molecule has 1 heterocycles. The summed E-state index contributed by atoms with van der Waals surface area (Å²) in [5.41, 5.74) is 6.45. The number of nitrogens with one attached hydrogen (secondary N) is 2. The van der Waals surface area contributed by atoms with Crippen molar-refractivity contribution in [2.24, 2.45) is 11.7 Å². The van der Waals surface area contributed by atoms with Gasteiger partial charge < -0.3 is 15.8 Å². The van der Waals surface area contributed by atoms with E-state index in [1.165, 1.54) is 6.07 Å². The minimum atomic E-state index is -0.794. The van der Waals surface area contributed by atoms with Crippen LogP contribution in [0.15, 0.2) is 18.2 Å². The third-order valence-electron chi connectivity index (χ3n) is 3.38. The first-order valence-corrected chi connectivity index (χ1v) is 8.77. The van der Waals surface area contributed by atoms with Gasteiger partial charge in [-0.15, -0.1) is 0 Å². The Kier molecular flexibility index (Phi) is 6.51. The van der Waals surface area contributed by atoms with Crippen LogP contribution in [-0.2, 0) is 6.61 Å². The Bertz CT molecular complexity index is 807. The molecule has 0 aliphatic carbocycles. The zero-order valence-corrected chi connectivity index (χ0v) is 15.6. The maximum atomic E-state index is 13.9. The molecule has 7 nitrogen and oxygen atoms in total. The van der Waals surface area contributed by atoms with Gasteiger partial charge in [-0.25, -0.2) is 9.18 Å². The molecule has 0 radical (unpaired) electrons. The summed E-state index contributed by atoms with van der Waals surface area (Å²) in [6, 6.07) is 4.27. The third-order valence-corrected chi connectivity index (χ3v) is 4.12. The molecule has 0 saturated heterocycles. The Balaban J connectivity index is 2.10. The molecule has 9 heteroatoms. The van der Waals surface area contributed by atoms with Crippen LogP contribution in [-0.4, -0.2) is 22.9 Å². The van der Waals surface area contributed by atoms with E-state index in [4.69, 9.17) is 10.5 Å². The molecule has 0 atom stereocenters. The van der Waals surface area contributed by atoms with E-state index in [9.17, 15) is 14.0 Å². The lowest BCUT2D eigenvalue weighted by molar-refractivity contribution is 0.0996. The molecule has 0 spiro atoms. The van der Waals surface area contributed by atoms with Crippen molar-refractivity contribution < 1.29 is 18.7 Å². The van der Waals surface area contributed by atoms with Gasteiger partial charge in [0.2, 0.25) is 5.88 Å². The molecule has 2 aromatic rings. The van der Waals surface area contributed by atoms with Gasteiger partial charge in [0.15, 0.2) is 0 Å². The number of halogens is 1. The van der Waals surface area contributed by atoms with Crippen LogP contribution in [0.2, 0.25) is 0 Å². The standard InChI is InChI=1S/C17H21FN4O3S/c1-9(2)7-20-17(24)21-16-13(14(19)23)15(22-26-16)25-8-11-5-4-10(3)6-12(11)18/h4-6,9H,7-8H2,1-3H3,(H2,19,23)(H2,20,21,24). The Morgan fingerprint density at radius 1 is 1.38 bits per heavy atom. The van der Waals surface area contributed by atoms with E-state index in [-0.39, 0.29) is 29.0 Å². The number of ether oxygens (including phenoxy) is 1. The van der Waals surface area contributed by atoms with Crippen molar-refractivity contribution in [3.8, 4) is 5.88 Å². The van der Waals surface area contributed by atoms with Gasteiger partial charge in [-0.2, -0.15) is 4.37 Å². The highest BCUT2D eigenvalue weighted by Gasteiger charge is 2.22. The van der Waals surface area contributed by atoms with Gasteiger partial charge >= 0.3 is 6.03 Å². The Hall–Kier alpha value is -2.68. The number of rotatable bonds is 7. The van der Waals surface area contributed by atoms with Crippen molar-refractivity contribution in [1.29, 1.82) is 0 Å². The van der Waals surface area contributed by atoms with Gasteiger partial charge in [0.1, 0.15) is 23.0 Å². The number of benzene rings is 1. The highest BCUT2D eigenvalue weighted by molar-refractivity contribution is 7.11. The summed E-state index contributed by atoms with van der Waals surface area (Å²) >= 11 is 0.867. The molecule has 140 valence electrons. The zero-order valence-electron chi connectivity index (χ0n) is 14.8. The summed E-state index contributed by atoms with van der Waals surface area (Å²) in [4.78, 5) is 23.6. The van der Waals surface area contributed by atoms with Gasteiger partial charge in [-0.05, 0) is 36.0 Å². The van der Waals surface area contributed by atoms with Gasteiger partial charge in [-0.3, -0.25) is 10.1 Å². The fraction of sp³-hybridized carbons (Fsp3) is 0.353. The van der Waals surface area contributed by atoms with Crippen molar-refractivity contribution in [2.45, 2.75) is 27.4 Å². The normalized spacial score (nSPS) is 10.7. The van der Waals surface area contributed by atoms with E-state index in [1.807, 2.05) is 13.8 Å². The van der Waals surface area contributed by atoms with Gasteiger partial charge in [0.05, 0.1) is 0 Å². The molecule has 1 aromatic heterocycles. The second-order valence-corrected chi connectivity index (χ2v) is 6.94. The molecule has 1 aromatic carbocycles. The van der Waals surface area contributed by atoms with Crippen molar-refractivity contribution >= 4 is 28.5 Å². The molecular formula is C17H21FN4O3S. The molecule has 0 bridgehead atoms. The number of primary amides is 1. The Morgan fingerprint density at radius 3 is 2.73 bits per heavy atom. The minimum Gasteiger partial charge on any atom is -0.471 e. The van der Waals surface area contributed by atoms with Crippen LogP contribution in [0.4, 0.5) is 14.2 Å². The van der Waals surface area contributed by atoms with E-state index in [0.29, 0.717) is 12.1 Å². The number of aryl methyl sites for hydroxylation is 1.